The van der Waals surface area contributed by atoms with Crippen LogP contribution in [0.3, 0.4) is 0 Å². The van der Waals surface area contributed by atoms with Gasteiger partial charge in [-0.25, -0.2) is 4.98 Å². The summed E-state index contributed by atoms with van der Waals surface area (Å²) in [5, 5.41) is 14.0. The third-order valence-corrected chi connectivity index (χ3v) is 3.73. The Hall–Kier alpha value is -1.14. The van der Waals surface area contributed by atoms with Gasteiger partial charge in [-0.2, -0.15) is 0 Å². The highest BCUT2D eigenvalue weighted by atomic mass is 35.5. The van der Waals surface area contributed by atoms with Crippen LogP contribution in [0, 0.1) is 5.92 Å². The first kappa shape index (κ1) is 13.3. The van der Waals surface area contributed by atoms with E-state index >= 15 is 0 Å². The lowest BCUT2D eigenvalue weighted by atomic mass is 10.1. The zero-order valence-electron chi connectivity index (χ0n) is 10.6. The number of hydrogen-bond donors (Lipinski definition) is 1. The van der Waals surface area contributed by atoms with E-state index in [9.17, 15) is 0 Å². The average molecular weight is 286 g/mol. The molecule has 2 heterocycles. The smallest absolute Gasteiger partial charge is 0.206 e. The molecule has 7 heteroatoms. The summed E-state index contributed by atoms with van der Waals surface area (Å²) >= 11 is 7.51. The zero-order chi connectivity index (χ0) is 13.1. The molecule has 0 saturated heterocycles. The van der Waals surface area contributed by atoms with Gasteiger partial charge in [0, 0.05) is 13.5 Å². The fourth-order valence-corrected chi connectivity index (χ4v) is 2.59. The third kappa shape index (κ3) is 3.20. The maximum atomic E-state index is 5.92. The molecule has 0 spiro atoms. The van der Waals surface area contributed by atoms with E-state index in [0.717, 1.165) is 22.4 Å². The Kier molecular flexibility index (Phi) is 4.19. The Balaban J connectivity index is 1.94. The van der Waals surface area contributed by atoms with Crippen LogP contribution in [0.4, 0.5) is 5.13 Å². The normalized spacial score (nSPS) is 11.2. The van der Waals surface area contributed by atoms with Gasteiger partial charge >= 0.3 is 0 Å². The SMILES string of the molecule is CC(C)Cc1nnc(NCc2ncc(Cl)n2C)s1. The second kappa shape index (κ2) is 5.67. The summed E-state index contributed by atoms with van der Waals surface area (Å²) in [6.07, 6.45) is 2.61. The van der Waals surface area contributed by atoms with Gasteiger partial charge in [0.15, 0.2) is 0 Å². The van der Waals surface area contributed by atoms with E-state index in [1.54, 1.807) is 17.5 Å². The molecule has 0 fully saturated rings. The zero-order valence-corrected chi connectivity index (χ0v) is 12.2. The lowest BCUT2D eigenvalue weighted by molar-refractivity contribution is 0.640. The van der Waals surface area contributed by atoms with Crippen LogP contribution in [0.25, 0.3) is 0 Å². The van der Waals surface area contributed by atoms with Gasteiger partial charge in [0.2, 0.25) is 5.13 Å². The van der Waals surface area contributed by atoms with Crippen LogP contribution in [-0.4, -0.2) is 19.7 Å². The number of hydrogen-bond acceptors (Lipinski definition) is 5. The molecule has 0 aliphatic rings. The fraction of sp³-hybridized carbons (Fsp3) is 0.545. The molecule has 0 atom stereocenters. The molecule has 0 radical (unpaired) electrons. The maximum Gasteiger partial charge on any atom is 0.206 e. The number of aromatic nitrogens is 4. The summed E-state index contributed by atoms with van der Waals surface area (Å²) in [5.74, 6) is 1.47. The summed E-state index contributed by atoms with van der Waals surface area (Å²) in [6.45, 7) is 4.94. The molecule has 1 N–H and O–H groups in total. The van der Waals surface area contributed by atoms with Gasteiger partial charge in [-0.3, -0.25) is 0 Å². The number of nitrogens with one attached hydrogen (secondary N) is 1. The van der Waals surface area contributed by atoms with Gasteiger partial charge in [-0.1, -0.05) is 36.8 Å². The van der Waals surface area contributed by atoms with Crippen molar-refractivity contribution in [2.45, 2.75) is 26.8 Å². The van der Waals surface area contributed by atoms with Crippen molar-refractivity contribution in [2.75, 3.05) is 5.32 Å². The van der Waals surface area contributed by atoms with E-state index < -0.39 is 0 Å². The monoisotopic (exact) mass is 285 g/mol. The minimum Gasteiger partial charge on any atom is -0.353 e. The van der Waals surface area contributed by atoms with Crippen molar-refractivity contribution in [3.63, 3.8) is 0 Å². The maximum absolute atomic E-state index is 5.92. The Morgan fingerprint density at radius 1 is 1.44 bits per heavy atom. The molecule has 0 aromatic carbocycles. The molecule has 0 amide bonds. The number of rotatable bonds is 5. The standard InChI is InChI=1S/C11H16ClN5S/c1-7(2)4-10-15-16-11(18-10)14-6-9-13-5-8(12)17(9)3/h5,7H,4,6H2,1-3H3,(H,14,16). The molecule has 0 saturated carbocycles. The predicted molar refractivity (Wildman–Crippen MR) is 74.0 cm³/mol. The van der Waals surface area contributed by atoms with E-state index in [1.165, 1.54) is 0 Å². The van der Waals surface area contributed by atoms with Gasteiger partial charge in [0.25, 0.3) is 0 Å². The van der Waals surface area contributed by atoms with Crippen LogP contribution < -0.4 is 5.32 Å². The largest absolute Gasteiger partial charge is 0.353 e. The first-order chi connectivity index (χ1) is 8.56. The first-order valence-corrected chi connectivity index (χ1v) is 6.98. The van der Waals surface area contributed by atoms with Crippen molar-refractivity contribution < 1.29 is 0 Å². The fourth-order valence-electron chi connectivity index (χ4n) is 1.50. The molecular formula is C11H16ClN5S. The molecule has 0 unspecified atom stereocenters. The molecule has 5 nitrogen and oxygen atoms in total. The van der Waals surface area contributed by atoms with E-state index in [-0.39, 0.29) is 0 Å². The van der Waals surface area contributed by atoms with Crippen molar-refractivity contribution >= 4 is 28.1 Å². The van der Waals surface area contributed by atoms with Crippen LogP contribution in [0.1, 0.15) is 24.7 Å². The van der Waals surface area contributed by atoms with Crippen LogP contribution >= 0.6 is 22.9 Å². The number of anilines is 1. The summed E-state index contributed by atoms with van der Waals surface area (Å²) in [7, 11) is 1.89. The summed E-state index contributed by atoms with van der Waals surface area (Å²) in [6, 6.07) is 0. The first-order valence-electron chi connectivity index (χ1n) is 5.78. The molecule has 0 bridgehead atoms. The van der Waals surface area contributed by atoms with Crippen molar-refractivity contribution in [2.24, 2.45) is 13.0 Å². The minimum absolute atomic E-state index is 0.596. The molecule has 2 rings (SSSR count). The molecular weight excluding hydrogens is 270 g/mol. The molecule has 18 heavy (non-hydrogen) atoms. The number of imidazole rings is 1. The molecule has 98 valence electrons. The Morgan fingerprint density at radius 2 is 2.22 bits per heavy atom. The van der Waals surface area contributed by atoms with Gasteiger partial charge < -0.3 is 9.88 Å². The van der Waals surface area contributed by atoms with E-state index in [4.69, 9.17) is 11.6 Å². The van der Waals surface area contributed by atoms with Crippen molar-refractivity contribution in [1.82, 2.24) is 19.7 Å². The molecule has 0 aliphatic carbocycles. The van der Waals surface area contributed by atoms with Crippen LogP contribution in [0.15, 0.2) is 6.20 Å². The van der Waals surface area contributed by atoms with E-state index in [1.807, 2.05) is 11.6 Å². The van der Waals surface area contributed by atoms with Gasteiger partial charge in [-0.05, 0) is 5.92 Å². The van der Waals surface area contributed by atoms with Crippen molar-refractivity contribution in [3.8, 4) is 0 Å². The summed E-state index contributed by atoms with van der Waals surface area (Å²) < 4.78 is 1.84. The van der Waals surface area contributed by atoms with Crippen molar-refractivity contribution in [3.05, 3.63) is 22.2 Å². The Labute approximate surface area is 115 Å². The van der Waals surface area contributed by atoms with Gasteiger partial charge in [-0.15, -0.1) is 10.2 Å². The average Bonchev–Trinajstić information content (AvgIpc) is 2.86. The molecule has 2 aromatic rings. The highest BCUT2D eigenvalue weighted by Crippen LogP contribution is 2.19. The van der Waals surface area contributed by atoms with Crippen molar-refractivity contribution in [1.29, 1.82) is 0 Å². The Morgan fingerprint density at radius 3 is 2.83 bits per heavy atom. The highest BCUT2D eigenvalue weighted by Gasteiger charge is 2.08. The molecule has 2 aromatic heterocycles. The highest BCUT2D eigenvalue weighted by molar-refractivity contribution is 7.15. The Bertz CT molecular complexity index is 519. The minimum atomic E-state index is 0.596. The second-order valence-corrected chi connectivity index (χ2v) is 5.96. The lowest BCUT2D eigenvalue weighted by Crippen LogP contribution is -2.05. The van der Waals surface area contributed by atoms with Gasteiger partial charge in [0.05, 0.1) is 12.7 Å². The van der Waals surface area contributed by atoms with Crippen LogP contribution in [-0.2, 0) is 20.0 Å². The second-order valence-electron chi connectivity index (χ2n) is 4.51. The van der Waals surface area contributed by atoms with E-state index in [2.05, 4.69) is 34.3 Å². The van der Waals surface area contributed by atoms with Gasteiger partial charge in [0.1, 0.15) is 16.0 Å². The third-order valence-electron chi connectivity index (χ3n) is 2.48. The predicted octanol–water partition coefficient (Wildman–Crippen LogP) is 2.74. The van der Waals surface area contributed by atoms with E-state index in [0.29, 0.717) is 17.6 Å². The number of nitrogens with zero attached hydrogens (tertiary/aromatic N) is 4. The summed E-state index contributed by atoms with van der Waals surface area (Å²) in [5.41, 5.74) is 0. The lowest BCUT2D eigenvalue weighted by Gasteiger charge is -2.02. The quantitative estimate of drug-likeness (QED) is 0.918. The van der Waals surface area contributed by atoms with Crippen LogP contribution in [0.2, 0.25) is 5.15 Å². The summed E-state index contributed by atoms with van der Waals surface area (Å²) in [4.78, 5) is 4.21. The van der Waals surface area contributed by atoms with Crippen LogP contribution in [0.5, 0.6) is 0 Å². The topological polar surface area (TPSA) is 55.6 Å². The number of halogens is 1. The molecule has 0 aliphatic heterocycles.